The van der Waals surface area contributed by atoms with Gasteiger partial charge in [0.2, 0.25) is 0 Å². The Labute approximate surface area is 201 Å². The fourth-order valence-corrected chi connectivity index (χ4v) is 4.84. The van der Waals surface area contributed by atoms with Crippen molar-refractivity contribution in [3.05, 3.63) is 22.3 Å². The van der Waals surface area contributed by atoms with Gasteiger partial charge in [0.05, 0.1) is 0 Å². The number of nitrogen functional groups attached to an aromatic ring is 1. The van der Waals surface area contributed by atoms with Crippen LogP contribution in [-0.2, 0) is 24.0 Å². The van der Waals surface area contributed by atoms with Gasteiger partial charge in [-0.25, -0.2) is 14.6 Å². The maximum Gasteiger partial charge on any atom is 0.404 e. The van der Waals surface area contributed by atoms with E-state index < -0.39 is 35.3 Å². The molecule has 2 aliphatic rings. The van der Waals surface area contributed by atoms with Crippen molar-refractivity contribution in [2.24, 2.45) is 10.9 Å². The minimum Gasteiger partial charge on any atom is -0.477 e. The van der Waals surface area contributed by atoms with Gasteiger partial charge in [0.1, 0.15) is 36.0 Å². The maximum atomic E-state index is 12.8. The number of nitrogens with zero attached hydrogens (tertiary/aromatic N) is 3. The first-order chi connectivity index (χ1) is 15.2. The Hall–Kier alpha value is -3.04. The average Bonchev–Trinajstić information content (AvgIpc) is 3.18. The molecule has 0 bridgehead atoms. The number of oxime groups is 1. The van der Waals surface area contributed by atoms with Crippen LogP contribution in [0.3, 0.4) is 0 Å². The van der Waals surface area contributed by atoms with Gasteiger partial charge in [0.25, 0.3) is 11.8 Å². The Kier molecular flexibility index (Phi) is 8.90. The number of aromatic nitrogens is 1. The molecule has 0 aromatic carbocycles. The van der Waals surface area contributed by atoms with Crippen LogP contribution in [0.15, 0.2) is 21.8 Å². The van der Waals surface area contributed by atoms with Crippen LogP contribution in [0.1, 0.15) is 19.0 Å². The van der Waals surface area contributed by atoms with Gasteiger partial charge >= 0.3 is 12.1 Å². The largest absolute Gasteiger partial charge is 0.477 e. The normalized spacial score (nSPS) is 19.7. The third-order valence-corrected chi connectivity index (χ3v) is 6.37. The molecule has 2 atom stereocenters. The molecule has 180 valence electrons. The summed E-state index contributed by atoms with van der Waals surface area (Å²) in [5.74, 6) is -2.53. The molecule has 6 N–H and O–H groups in total. The number of hydrogen-bond acceptors (Lipinski definition) is 11. The molecule has 16 heteroatoms. The zero-order chi connectivity index (χ0) is 23.4. The van der Waals surface area contributed by atoms with Crippen LogP contribution in [0.4, 0.5) is 9.93 Å². The van der Waals surface area contributed by atoms with Gasteiger partial charge in [-0.15, -0.1) is 35.5 Å². The highest BCUT2D eigenvalue weighted by molar-refractivity contribution is 8.00. The third-order valence-electron chi connectivity index (χ3n) is 4.36. The summed E-state index contributed by atoms with van der Waals surface area (Å²) in [5.41, 5.74) is 10.5. The highest BCUT2D eigenvalue weighted by Crippen LogP contribution is 2.40. The molecular formula is C17H21ClN6O7S2. The number of carbonyl (C=O) groups is 4. The van der Waals surface area contributed by atoms with Gasteiger partial charge in [-0.05, 0) is 6.42 Å². The number of nitrogens with two attached hydrogens (primary N) is 2. The highest BCUT2D eigenvalue weighted by atomic mass is 35.5. The number of primary amides is 1. The number of ether oxygens (including phenoxy) is 1. The number of halogens is 1. The van der Waals surface area contributed by atoms with Gasteiger partial charge in [0, 0.05) is 16.7 Å². The lowest BCUT2D eigenvalue weighted by Crippen LogP contribution is -2.71. The third kappa shape index (κ3) is 5.66. The monoisotopic (exact) mass is 520 g/mol. The summed E-state index contributed by atoms with van der Waals surface area (Å²) in [7, 11) is 0. The van der Waals surface area contributed by atoms with Crippen molar-refractivity contribution >= 4 is 70.2 Å². The molecule has 1 aromatic heterocycles. The second-order valence-corrected chi connectivity index (χ2v) is 8.56. The number of hydrogen-bond donors (Lipinski definition) is 4. The van der Waals surface area contributed by atoms with Crippen molar-refractivity contribution in [1.29, 1.82) is 0 Å². The Morgan fingerprint density at radius 2 is 2.15 bits per heavy atom. The number of carbonyl (C=O) groups excluding carboxylic acids is 3. The standard InChI is InChI=1S/C17H20N6O7S2.ClH/c1-2-3-30-22-9(8-6-32-16(18)20-8)12(24)21-10-13(25)23-11(15(26)27)7(4-29-17(19)28)5-31-14(10)23;/h6,10,14H,2-5H2,1H3,(H2,18,20)(H2,19,28)(H,21,24)(H,26,27);1H/t10?,14-;/m0./s1. The highest BCUT2D eigenvalue weighted by Gasteiger charge is 2.54. The van der Waals surface area contributed by atoms with E-state index >= 15 is 0 Å². The fraction of sp³-hybridized carbons (Fsp3) is 0.412. The van der Waals surface area contributed by atoms with E-state index in [1.54, 1.807) is 0 Å². The van der Waals surface area contributed by atoms with E-state index in [1.165, 1.54) is 17.1 Å². The number of thiazole rings is 1. The van der Waals surface area contributed by atoms with Crippen LogP contribution in [0, 0.1) is 0 Å². The van der Waals surface area contributed by atoms with Crippen LogP contribution in [0.25, 0.3) is 0 Å². The number of amides is 3. The lowest BCUT2D eigenvalue weighted by Gasteiger charge is -2.49. The predicted octanol–water partition coefficient (Wildman–Crippen LogP) is 0.112. The molecule has 1 saturated heterocycles. The second-order valence-electron chi connectivity index (χ2n) is 6.57. The van der Waals surface area contributed by atoms with Crippen molar-refractivity contribution in [2.75, 3.05) is 24.7 Å². The Morgan fingerprint density at radius 3 is 2.73 bits per heavy atom. The van der Waals surface area contributed by atoms with Crippen LogP contribution < -0.4 is 16.8 Å². The Balaban J connectivity index is 0.00000385. The predicted molar refractivity (Wildman–Crippen MR) is 122 cm³/mol. The minimum absolute atomic E-state index is 0. The summed E-state index contributed by atoms with van der Waals surface area (Å²) in [6.45, 7) is 1.79. The summed E-state index contributed by atoms with van der Waals surface area (Å²) in [5, 5.41) is 17.1. The molecule has 33 heavy (non-hydrogen) atoms. The van der Waals surface area contributed by atoms with Crippen LogP contribution in [0.5, 0.6) is 0 Å². The van der Waals surface area contributed by atoms with Crippen LogP contribution in [-0.4, -0.2) is 75.0 Å². The van der Waals surface area contributed by atoms with E-state index in [0.29, 0.717) is 6.42 Å². The topological polar surface area (TPSA) is 200 Å². The number of nitrogens with one attached hydrogen (secondary N) is 1. The molecule has 0 spiro atoms. The smallest absolute Gasteiger partial charge is 0.404 e. The summed E-state index contributed by atoms with van der Waals surface area (Å²) in [6, 6.07) is -0.993. The number of rotatable bonds is 9. The van der Waals surface area contributed by atoms with E-state index in [2.05, 4.69) is 20.2 Å². The van der Waals surface area contributed by atoms with Gasteiger partial charge in [-0.2, -0.15) is 0 Å². The van der Waals surface area contributed by atoms with E-state index in [4.69, 9.17) is 16.3 Å². The number of fused-ring (bicyclic) bond motifs is 1. The molecule has 3 amide bonds. The second kappa shape index (κ2) is 11.2. The molecule has 1 unspecified atom stereocenters. The fourth-order valence-electron chi connectivity index (χ4n) is 2.96. The zero-order valence-corrected chi connectivity index (χ0v) is 19.6. The lowest BCUT2D eigenvalue weighted by molar-refractivity contribution is -0.150. The SMILES string of the molecule is CCCON=C(C(=O)NC1C(=O)N2C(C(=O)O)=C(COC(N)=O)CS[C@@H]12)c1csc(N)n1.Cl. The molecule has 0 aliphatic carbocycles. The van der Waals surface area contributed by atoms with Crippen LogP contribution >= 0.6 is 35.5 Å². The Morgan fingerprint density at radius 1 is 1.42 bits per heavy atom. The summed E-state index contributed by atoms with van der Waals surface area (Å²) in [4.78, 5) is 58.4. The maximum absolute atomic E-state index is 12.8. The molecule has 1 fully saturated rings. The lowest BCUT2D eigenvalue weighted by atomic mass is 10.0. The number of anilines is 1. The van der Waals surface area contributed by atoms with Gasteiger partial charge in [0.15, 0.2) is 10.8 Å². The molecular weight excluding hydrogens is 500 g/mol. The molecule has 3 heterocycles. The molecule has 2 aliphatic heterocycles. The first-order valence-corrected chi connectivity index (χ1v) is 11.2. The summed E-state index contributed by atoms with van der Waals surface area (Å²) >= 11 is 2.33. The molecule has 0 radical (unpaired) electrons. The number of carboxylic acids is 1. The van der Waals surface area contributed by atoms with Crippen molar-refractivity contribution in [3.63, 3.8) is 0 Å². The first kappa shape index (κ1) is 26.2. The van der Waals surface area contributed by atoms with Crippen molar-refractivity contribution in [2.45, 2.75) is 24.8 Å². The van der Waals surface area contributed by atoms with Crippen molar-refractivity contribution in [3.8, 4) is 0 Å². The van der Waals surface area contributed by atoms with Gasteiger partial charge in [-0.3, -0.25) is 14.5 Å². The van der Waals surface area contributed by atoms with Crippen molar-refractivity contribution < 1.29 is 33.9 Å². The zero-order valence-electron chi connectivity index (χ0n) is 17.2. The first-order valence-electron chi connectivity index (χ1n) is 9.29. The molecule has 3 rings (SSSR count). The molecule has 0 saturated carbocycles. The number of β-lactam (4-membered cyclic amide) rings is 1. The number of thioether (sulfide) groups is 1. The van der Waals surface area contributed by atoms with E-state index in [0.717, 1.165) is 16.2 Å². The van der Waals surface area contributed by atoms with Crippen LogP contribution in [0.2, 0.25) is 0 Å². The summed E-state index contributed by atoms with van der Waals surface area (Å²) in [6.07, 6.45) is -0.396. The number of carboxylic acid groups (broad SMARTS) is 1. The van der Waals surface area contributed by atoms with Crippen molar-refractivity contribution in [1.82, 2.24) is 15.2 Å². The average molecular weight is 521 g/mol. The summed E-state index contributed by atoms with van der Waals surface area (Å²) < 4.78 is 4.68. The van der Waals surface area contributed by atoms with Gasteiger partial charge < -0.3 is 31.5 Å². The Bertz CT molecular complexity index is 1010. The van der Waals surface area contributed by atoms with E-state index in [9.17, 15) is 24.3 Å². The number of aliphatic carboxylic acids is 1. The quantitative estimate of drug-likeness (QED) is 0.150. The van der Waals surface area contributed by atoms with E-state index in [1.807, 2.05) is 6.92 Å². The minimum atomic E-state index is -1.36. The van der Waals surface area contributed by atoms with E-state index in [-0.39, 0.29) is 59.2 Å². The molecule has 13 nitrogen and oxygen atoms in total. The molecule has 1 aromatic rings. The van der Waals surface area contributed by atoms with Gasteiger partial charge in [-0.1, -0.05) is 12.1 Å².